The van der Waals surface area contributed by atoms with E-state index in [0.29, 0.717) is 5.56 Å². The maximum absolute atomic E-state index is 10.6. The van der Waals surface area contributed by atoms with Crippen molar-refractivity contribution in [1.29, 1.82) is 0 Å². The van der Waals surface area contributed by atoms with Crippen LogP contribution in [0.4, 0.5) is 0 Å². The minimum Gasteiger partial charge on any atom is -0.404 e. The molecule has 0 atom stereocenters. The quantitative estimate of drug-likeness (QED) is 0.597. The van der Waals surface area contributed by atoms with Gasteiger partial charge < -0.3 is 4.52 Å². The highest BCUT2D eigenvalue weighted by Crippen LogP contribution is 2.41. The topological polar surface area (TPSA) is 66.8 Å². The summed E-state index contributed by atoms with van der Waals surface area (Å²) < 4.78 is 15.1. The first-order chi connectivity index (χ1) is 6.53. The summed E-state index contributed by atoms with van der Waals surface area (Å²) in [5.74, 6) is 0.180. The largest absolute Gasteiger partial charge is 0.524 e. The van der Waals surface area contributed by atoms with Gasteiger partial charge in [-0.05, 0) is 13.0 Å². The third kappa shape index (κ3) is 3.34. The summed E-state index contributed by atoms with van der Waals surface area (Å²) in [5, 5.41) is 0. The molecule has 1 aromatic carbocycles. The Morgan fingerprint density at radius 2 is 1.93 bits per heavy atom. The molecule has 0 unspecified atom stereocenters. The van der Waals surface area contributed by atoms with Crippen molar-refractivity contribution in [3.8, 4) is 0 Å². The van der Waals surface area contributed by atoms with E-state index in [1.807, 2.05) is 6.07 Å². The van der Waals surface area contributed by atoms with Crippen molar-refractivity contribution in [3.05, 3.63) is 42.0 Å². The van der Waals surface area contributed by atoms with Gasteiger partial charge in [-0.25, -0.2) is 4.57 Å². The van der Waals surface area contributed by atoms with Crippen molar-refractivity contribution >= 4 is 13.6 Å². The number of phosphoric acid groups is 1. The van der Waals surface area contributed by atoms with Crippen molar-refractivity contribution in [2.75, 3.05) is 0 Å². The molecule has 0 aromatic heterocycles. The Morgan fingerprint density at radius 1 is 1.36 bits per heavy atom. The van der Waals surface area contributed by atoms with E-state index in [9.17, 15) is 4.57 Å². The lowest BCUT2D eigenvalue weighted by Crippen LogP contribution is -1.89. The van der Waals surface area contributed by atoms with E-state index < -0.39 is 7.82 Å². The number of hydrogen-bond acceptors (Lipinski definition) is 2. The number of phosphoric ester groups is 1. The zero-order chi connectivity index (χ0) is 10.6. The van der Waals surface area contributed by atoms with Gasteiger partial charge >= 0.3 is 7.82 Å². The minimum atomic E-state index is -4.47. The summed E-state index contributed by atoms with van der Waals surface area (Å²) in [7, 11) is -4.47. The van der Waals surface area contributed by atoms with E-state index in [-0.39, 0.29) is 5.76 Å². The van der Waals surface area contributed by atoms with Gasteiger partial charge in [0, 0.05) is 5.56 Å². The molecule has 0 saturated heterocycles. The second-order valence-electron chi connectivity index (χ2n) is 2.60. The summed E-state index contributed by atoms with van der Waals surface area (Å²) in [6, 6.07) is 8.77. The molecule has 0 saturated carbocycles. The fourth-order valence-electron chi connectivity index (χ4n) is 1.00. The van der Waals surface area contributed by atoms with Crippen LogP contribution in [0.1, 0.15) is 12.5 Å². The Bertz CT molecular complexity index is 366. The number of benzene rings is 1. The van der Waals surface area contributed by atoms with Crippen LogP contribution >= 0.6 is 7.82 Å². The van der Waals surface area contributed by atoms with E-state index in [4.69, 9.17) is 9.79 Å². The molecule has 14 heavy (non-hydrogen) atoms. The van der Waals surface area contributed by atoms with E-state index in [2.05, 4.69) is 4.52 Å². The fourth-order valence-corrected chi connectivity index (χ4v) is 1.47. The summed E-state index contributed by atoms with van der Waals surface area (Å²) in [4.78, 5) is 17.3. The maximum atomic E-state index is 10.6. The lowest BCUT2D eigenvalue weighted by molar-refractivity contribution is 0.269. The summed E-state index contributed by atoms with van der Waals surface area (Å²) in [6.45, 7) is 1.65. The minimum absolute atomic E-state index is 0.180. The van der Waals surface area contributed by atoms with Crippen molar-refractivity contribution in [3.63, 3.8) is 0 Å². The third-order valence-corrected chi connectivity index (χ3v) is 1.97. The van der Waals surface area contributed by atoms with Crippen LogP contribution in [0.5, 0.6) is 0 Å². The van der Waals surface area contributed by atoms with E-state index in [1.165, 1.54) is 6.08 Å². The van der Waals surface area contributed by atoms with Crippen LogP contribution in [0.15, 0.2) is 36.4 Å². The molecule has 76 valence electrons. The van der Waals surface area contributed by atoms with Gasteiger partial charge in [0.15, 0.2) is 0 Å². The Balaban J connectivity index is 2.91. The lowest BCUT2D eigenvalue weighted by Gasteiger charge is -2.10. The normalized spacial score (nSPS) is 12.6. The molecule has 0 radical (unpaired) electrons. The number of rotatable bonds is 3. The van der Waals surface area contributed by atoms with Crippen LogP contribution in [0, 0.1) is 0 Å². The predicted molar refractivity (Wildman–Crippen MR) is 53.2 cm³/mol. The fraction of sp³-hybridized carbons (Fsp3) is 0.111. The Hall–Kier alpha value is -1.09. The molecular weight excluding hydrogens is 203 g/mol. The number of allylic oxidation sites excluding steroid dienone is 1. The SMILES string of the molecule is CC=C(OP(=O)(O)O)c1ccccc1. The Kier molecular flexibility index (Phi) is 3.47. The zero-order valence-electron chi connectivity index (χ0n) is 7.62. The molecule has 1 aromatic rings. The van der Waals surface area contributed by atoms with Gasteiger partial charge in [-0.1, -0.05) is 30.3 Å². The van der Waals surface area contributed by atoms with Crippen LogP contribution in [-0.4, -0.2) is 9.79 Å². The highest BCUT2D eigenvalue weighted by molar-refractivity contribution is 7.46. The molecule has 0 aliphatic rings. The van der Waals surface area contributed by atoms with E-state index >= 15 is 0 Å². The Morgan fingerprint density at radius 3 is 2.36 bits per heavy atom. The van der Waals surface area contributed by atoms with Gasteiger partial charge in [0.2, 0.25) is 0 Å². The van der Waals surface area contributed by atoms with Gasteiger partial charge in [-0.15, -0.1) is 0 Å². The molecule has 0 heterocycles. The van der Waals surface area contributed by atoms with Crippen LogP contribution in [0.3, 0.4) is 0 Å². The highest BCUT2D eigenvalue weighted by atomic mass is 31.2. The summed E-state index contributed by atoms with van der Waals surface area (Å²) in [6.07, 6.45) is 1.51. The monoisotopic (exact) mass is 214 g/mol. The summed E-state index contributed by atoms with van der Waals surface area (Å²) in [5.41, 5.74) is 0.637. The van der Waals surface area contributed by atoms with Gasteiger partial charge in [0.1, 0.15) is 5.76 Å². The molecule has 0 aliphatic carbocycles. The number of hydrogen-bond donors (Lipinski definition) is 2. The van der Waals surface area contributed by atoms with Gasteiger partial charge in [-0.3, -0.25) is 9.79 Å². The zero-order valence-corrected chi connectivity index (χ0v) is 8.52. The van der Waals surface area contributed by atoms with E-state index in [1.54, 1.807) is 31.2 Å². The van der Waals surface area contributed by atoms with Gasteiger partial charge in [0.25, 0.3) is 0 Å². The average Bonchev–Trinajstić information content (AvgIpc) is 2.14. The molecule has 0 aliphatic heterocycles. The van der Waals surface area contributed by atoms with Crippen molar-refractivity contribution in [1.82, 2.24) is 0 Å². The lowest BCUT2D eigenvalue weighted by atomic mass is 10.2. The first-order valence-corrected chi connectivity index (χ1v) is 5.53. The second-order valence-corrected chi connectivity index (χ2v) is 3.76. The molecule has 0 spiro atoms. The molecule has 0 fully saturated rings. The smallest absolute Gasteiger partial charge is 0.404 e. The molecule has 0 amide bonds. The molecule has 0 bridgehead atoms. The molecule has 4 nitrogen and oxygen atoms in total. The molecule has 2 N–H and O–H groups in total. The van der Waals surface area contributed by atoms with Crippen molar-refractivity contribution in [2.24, 2.45) is 0 Å². The van der Waals surface area contributed by atoms with Crippen molar-refractivity contribution < 1.29 is 18.9 Å². The van der Waals surface area contributed by atoms with Crippen LogP contribution in [0.25, 0.3) is 5.76 Å². The molecule has 1 rings (SSSR count). The summed E-state index contributed by atoms with van der Waals surface area (Å²) >= 11 is 0. The molecule has 5 heteroatoms. The predicted octanol–water partition coefficient (Wildman–Crippen LogP) is 2.16. The van der Waals surface area contributed by atoms with Gasteiger partial charge in [-0.2, -0.15) is 0 Å². The highest BCUT2D eigenvalue weighted by Gasteiger charge is 2.17. The van der Waals surface area contributed by atoms with Crippen molar-refractivity contribution in [2.45, 2.75) is 6.92 Å². The maximum Gasteiger partial charge on any atom is 0.524 e. The second kappa shape index (κ2) is 4.42. The first kappa shape index (κ1) is 11.0. The molecular formula is C9H11O4P. The standard InChI is InChI=1S/C9H11O4P/c1-2-9(13-14(10,11)12)8-6-4-3-5-7-8/h2-7H,1H3,(H2,10,11,12). The first-order valence-electron chi connectivity index (χ1n) is 4.00. The Labute approximate surface area is 82.1 Å². The van der Waals surface area contributed by atoms with Crippen LogP contribution in [-0.2, 0) is 9.09 Å². The average molecular weight is 214 g/mol. The van der Waals surface area contributed by atoms with Crippen LogP contribution in [0.2, 0.25) is 0 Å². The van der Waals surface area contributed by atoms with E-state index in [0.717, 1.165) is 0 Å². The van der Waals surface area contributed by atoms with Gasteiger partial charge in [0.05, 0.1) is 0 Å². The van der Waals surface area contributed by atoms with Crippen LogP contribution < -0.4 is 0 Å². The third-order valence-electron chi connectivity index (χ3n) is 1.54.